The fourth-order valence-electron chi connectivity index (χ4n) is 3.19. The number of hydrogen-bond donors (Lipinski definition) is 0. The van der Waals surface area contributed by atoms with E-state index in [1.807, 2.05) is 49.0 Å². The molecule has 1 aromatic heterocycles. The number of carbonyl (C=O) groups excluding carboxylic acids is 1. The van der Waals surface area contributed by atoms with Gasteiger partial charge in [-0.05, 0) is 25.5 Å². The SMILES string of the molecule is CCOCCOc1ccccc1C(=O)N1CCc2c(ncnc2N(C)C)C1. The third-order valence-electron chi connectivity index (χ3n) is 4.50. The zero-order chi connectivity index (χ0) is 19.2. The van der Waals surface area contributed by atoms with Crippen molar-refractivity contribution >= 4 is 11.7 Å². The van der Waals surface area contributed by atoms with Crippen LogP contribution in [0.25, 0.3) is 0 Å². The summed E-state index contributed by atoms with van der Waals surface area (Å²) >= 11 is 0. The number of para-hydroxylation sites is 1. The number of benzene rings is 1. The molecule has 0 aliphatic carbocycles. The van der Waals surface area contributed by atoms with Crippen molar-refractivity contribution in [3.8, 4) is 5.75 Å². The van der Waals surface area contributed by atoms with E-state index in [-0.39, 0.29) is 5.91 Å². The van der Waals surface area contributed by atoms with E-state index >= 15 is 0 Å². The average Bonchev–Trinajstić information content (AvgIpc) is 2.70. The van der Waals surface area contributed by atoms with E-state index in [0.29, 0.717) is 44.2 Å². The summed E-state index contributed by atoms with van der Waals surface area (Å²) in [6, 6.07) is 7.35. The highest BCUT2D eigenvalue weighted by Crippen LogP contribution is 2.27. The number of fused-ring (bicyclic) bond motifs is 1. The van der Waals surface area contributed by atoms with Crippen molar-refractivity contribution in [2.24, 2.45) is 0 Å². The van der Waals surface area contributed by atoms with Crippen LogP contribution < -0.4 is 9.64 Å². The van der Waals surface area contributed by atoms with Crippen LogP contribution in [-0.4, -0.2) is 61.2 Å². The monoisotopic (exact) mass is 370 g/mol. The van der Waals surface area contributed by atoms with Crippen LogP contribution in [0.2, 0.25) is 0 Å². The van der Waals surface area contributed by atoms with Gasteiger partial charge < -0.3 is 19.3 Å². The largest absolute Gasteiger partial charge is 0.490 e. The Kier molecular flexibility index (Phi) is 6.24. The zero-order valence-electron chi connectivity index (χ0n) is 16.1. The lowest BCUT2D eigenvalue weighted by molar-refractivity contribution is 0.0721. The first-order valence-corrected chi connectivity index (χ1v) is 9.20. The third-order valence-corrected chi connectivity index (χ3v) is 4.50. The van der Waals surface area contributed by atoms with Crippen LogP contribution in [0.5, 0.6) is 5.75 Å². The second-order valence-electron chi connectivity index (χ2n) is 6.54. The molecule has 0 saturated carbocycles. The van der Waals surface area contributed by atoms with Crippen LogP contribution in [0.3, 0.4) is 0 Å². The molecule has 1 amide bonds. The summed E-state index contributed by atoms with van der Waals surface area (Å²) in [6.07, 6.45) is 2.30. The predicted octanol–water partition coefficient (Wildman–Crippen LogP) is 2.16. The number of ether oxygens (including phenoxy) is 2. The normalized spacial score (nSPS) is 13.2. The van der Waals surface area contributed by atoms with Gasteiger partial charge in [-0.25, -0.2) is 9.97 Å². The highest BCUT2D eigenvalue weighted by atomic mass is 16.5. The lowest BCUT2D eigenvalue weighted by atomic mass is 10.0. The van der Waals surface area contributed by atoms with Gasteiger partial charge in [0, 0.05) is 32.8 Å². The molecule has 0 radical (unpaired) electrons. The minimum atomic E-state index is -0.0438. The first-order chi connectivity index (χ1) is 13.1. The number of hydrogen-bond acceptors (Lipinski definition) is 6. The molecule has 0 unspecified atom stereocenters. The number of aromatic nitrogens is 2. The van der Waals surface area contributed by atoms with E-state index in [9.17, 15) is 4.79 Å². The lowest BCUT2D eigenvalue weighted by Gasteiger charge is -2.30. The molecule has 1 aromatic carbocycles. The fourth-order valence-corrected chi connectivity index (χ4v) is 3.19. The van der Waals surface area contributed by atoms with E-state index < -0.39 is 0 Å². The molecule has 2 heterocycles. The molecule has 0 spiro atoms. The van der Waals surface area contributed by atoms with Crippen LogP contribution in [0.15, 0.2) is 30.6 Å². The smallest absolute Gasteiger partial charge is 0.257 e. The molecular formula is C20H26N4O3. The van der Waals surface area contributed by atoms with Gasteiger partial charge in [-0.1, -0.05) is 12.1 Å². The highest BCUT2D eigenvalue weighted by molar-refractivity contribution is 5.97. The van der Waals surface area contributed by atoms with E-state index in [0.717, 1.165) is 23.5 Å². The molecule has 7 heteroatoms. The molecule has 0 saturated heterocycles. The van der Waals surface area contributed by atoms with Gasteiger partial charge in [-0.3, -0.25) is 4.79 Å². The molecule has 0 bridgehead atoms. The third kappa shape index (κ3) is 4.36. The lowest BCUT2D eigenvalue weighted by Crippen LogP contribution is -2.37. The van der Waals surface area contributed by atoms with Crippen molar-refractivity contribution in [2.45, 2.75) is 19.9 Å². The second-order valence-corrected chi connectivity index (χ2v) is 6.54. The van der Waals surface area contributed by atoms with Gasteiger partial charge in [0.2, 0.25) is 0 Å². The molecule has 1 aliphatic heterocycles. The Bertz CT molecular complexity index is 795. The van der Waals surface area contributed by atoms with E-state index in [1.165, 1.54) is 0 Å². The molecule has 2 aromatic rings. The molecule has 27 heavy (non-hydrogen) atoms. The maximum absolute atomic E-state index is 13.1. The minimum absolute atomic E-state index is 0.0438. The Labute approximate surface area is 159 Å². The molecule has 3 rings (SSSR count). The number of anilines is 1. The minimum Gasteiger partial charge on any atom is -0.490 e. The highest BCUT2D eigenvalue weighted by Gasteiger charge is 2.27. The number of rotatable bonds is 7. The van der Waals surface area contributed by atoms with Gasteiger partial charge in [0.1, 0.15) is 24.5 Å². The quantitative estimate of drug-likeness (QED) is 0.696. The van der Waals surface area contributed by atoms with Crippen molar-refractivity contribution in [2.75, 3.05) is 45.4 Å². The number of amides is 1. The Balaban J connectivity index is 1.75. The van der Waals surface area contributed by atoms with E-state index in [1.54, 1.807) is 12.4 Å². The molecular weight excluding hydrogens is 344 g/mol. The van der Waals surface area contributed by atoms with Gasteiger partial charge in [0.05, 0.1) is 24.4 Å². The van der Waals surface area contributed by atoms with Crippen molar-refractivity contribution < 1.29 is 14.3 Å². The van der Waals surface area contributed by atoms with Gasteiger partial charge in [-0.2, -0.15) is 0 Å². The number of nitrogens with zero attached hydrogens (tertiary/aromatic N) is 4. The summed E-state index contributed by atoms with van der Waals surface area (Å²) in [6.45, 7) is 4.61. The molecule has 0 atom stereocenters. The average molecular weight is 370 g/mol. The summed E-state index contributed by atoms with van der Waals surface area (Å²) < 4.78 is 11.1. The summed E-state index contributed by atoms with van der Waals surface area (Å²) in [4.78, 5) is 25.7. The van der Waals surface area contributed by atoms with Crippen molar-refractivity contribution in [1.29, 1.82) is 0 Å². The Hall–Kier alpha value is -2.67. The Morgan fingerprint density at radius 3 is 2.81 bits per heavy atom. The molecule has 1 aliphatic rings. The van der Waals surface area contributed by atoms with Crippen molar-refractivity contribution in [3.63, 3.8) is 0 Å². The Morgan fingerprint density at radius 2 is 2.04 bits per heavy atom. The van der Waals surface area contributed by atoms with Crippen molar-refractivity contribution in [1.82, 2.24) is 14.9 Å². The fraction of sp³-hybridized carbons (Fsp3) is 0.450. The Morgan fingerprint density at radius 1 is 1.22 bits per heavy atom. The van der Waals surface area contributed by atoms with Gasteiger partial charge in [0.15, 0.2) is 0 Å². The van der Waals surface area contributed by atoms with Crippen LogP contribution in [0, 0.1) is 0 Å². The predicted molar refractivity (Wildman–Crippen MR) is 103 cm³/mol. The van der Waals surface area contributed by atoms with Crippen LogP contribution in [-0.2, 0) is 17.7 Å². The first kappa shape index (κ1) is 19.1. The van der Waals surface area contributed by atoms with Crippen LogP contribution >= 0.6 is 0 Å². The van der Waals surface area contributed by atoms with Gasteiger partial charge in [-0.15, -0.1) is 0 Å². The van der Waals surface area contributed by atoms with Gasteiger partial charge in [0.25, 0.3) is 5.91 Å². The number of carbonyl (C=O) groups is 1. The van der Waals surface area contributed by atoms with Crippen LogP contribution in [0.4, 0.5) is 5.82 Å². The molecule has 7 nitrogen and oxygen atoms in total. The van der Waals surface area contributed by atoms with Crippen molar-refractivity contribution in [3.05, 3.63) is 47.4 Å². The van der Waals surface area contributed by atoms with E-state index in [2.05, 4.69) is 9.97 Å². The molecule has 0 N–H and O–H groups in total. The maximum Gasteiger partial charge on any atom is 0.257 e. The zero-order valence-corrected chi connectivity index (χ0v) is 16.1. The maximum atomic E-state index is 13.1. The van der Waals surface area contributed by atoms with Gasteiger partial charge >= 0.3 is 0 Å². The molecule has 144 valence electrons. The van der Waals surface area contributed by atoms with E-state index in [4.69, 9.17) is 9.47 Å². The summed E-state index contributed by atoms with van der Waals surface area (Å²) in [5.41, 5.74) is 2.59. The summed E-state index contributed by atoms with van der Waals surface area (Å²) in [5, 5.41) is 0. The summed E-state index contributed by atoms with van der Waals surface area (Å²) in [7, 11) is 3.94. The summed E-state index contributed by atoms with van der Waals surface area (Å²) in [5.74, 6) is 1.47. The molecule has 0 fully saturated rings. The second kappa shape index (κ2) is 8.81. The topological polar surface area (TPSA) is 67.8 Å². The standard InChI is InChI=1S/C20H26N4O3/c1-4-26-11-12-27-18-8-6-5-7-16(18)20(25)24-10-9-15-17(13-24)21-14-22-19(15)23(2)3/h5-8,14H,4,9-13H2,1-3H3. The van der Waals surface area contributed by atoms with Crippen LogP contribution in [0.1, 0.15) is 28.5 Å². The first-order valence-electron chi connectivity index (χ1n) is 9.20.